The number of methoxy groups -OCH3 is 1. The Kier molecular flexibility index (Phi) is 5.11. The van der Waals surface area contributed by atoms with Gasteiger partial charge in [0.1, 0.15) is 0 Å². The van der Waals surface area contributed by atoms with E-state index in [0.717, 1.165) is 25.0 Å². The third-order valence-electron chi connectivity index (χ3n) is 2.89. The molecule has 0 amide bonds. The van der Waals surface area contributed by atoms with E-state index in [1.807, 2.05) is 0 Å². The molecule has 0 spiro atoms. The summed E-state index contributed by atoms with van der Waals surface area (Å²) in [6.45, 7) is 3.85. The zero-order valence-corrected chi connectivity index (χ0v) is 11.7. The highest BCUT2D eigenvalue weighted by Crippen LogP contribution is 2.26. The average Bonchev–Trinajstić information content (AvgIpc) is 2.51. The van der Waals surface area contributed by atoms with Gasteiger partial charge in [0.15, 0.2) is 5.96 Å². The number of nitrogens with zero attached hydrogens (tertiary/aromatic N) is 1. The molecule has 1 unspecified atom stereocenters. The van der Waals surface area contributed by atoms with Crippen molar-refractivity contribution < 1.29 is 4.74 Å². The number of hydrogen-bond acceptors (Lipinski definition) is 4. The van der Waals surface area contributed by atoms with Crippen LogP contribution in [0.3, 0.4) is 0 Å². The van der Waals surface area contributed by atoms with Gasteiger partial charge in [-0.2, -0.15) is 0 Å². The molecular formula is C10H20IN3O. The second-order valence-corrected chi connectivity index (χ2v) is 4.40. The van der Waals surface area contributed by atoms with E-state index in [-0.39, 0.29) is 24.0 Å². The third-order valence-corrected chi connectivity index (χ3v) is 2.89. The highest BCUT2D eigenvalue weighted by Gasteiger charge is 2.27. The molecule has 0 aromatic rings. The van der Waals surface area contributed by atoms with Gasteiger partial charge in [-0.15, -0.1) is 24.0 Å². The maximum Gasteiger partial charge on any atom is 0.191 e. The quantitative estimate of drug-likeness (QED) is 0.760. The van der Waals surface area contributed by atoms with Crippen LogP contribution in [0, 0.1) is 5.92 Å². The summed E-state index contributed by atoms with van der Waals surface area (Å²) < 4.78 is 5.07. The van der Waals surface area contributed by atoms with Crippen LogP contribution in [-0.2, 0) is 4.74 Å². The normalized spacial score (nSPS) is 33.5. The van der Waals surface area contributed by atoms with Crippen molar-refractivity contribution in [3.63, 3.8) is 0 Å². The van der Waals surface area contributed by atoms with Crippen LogP contribution in [0.5, 0.6) is 0 Å². The molecule has 0 aromatic carbocycles. The van der Waals surface area contributed by atoms with Crippen LogP contribution in [0.1, 0.15) is 19.8 Å². The van der Waals surface area contributed by atoms with Crippen molar-refractivity contribution in [1.82, 2.24) is 10.6 Å². The molecule has 88 valence electrons. The fourth-order valence-corrected chi connectivity index (χ4v) is 2.08. The van der Waals surface area contributed by atoms with E-state index in [9.17, 15) is 0 Å². The lowest BCUT2D eigenvalue weighted by molar-refractivity contribution is 0.178. The molecule has 0 bridgehead atoms. The molecule has 1 atom stereocenters. The van der Waals surface area contributed by atoms with E-state index in [1.165, 1.54) is 12.8 Å². The van der Waals surface area contributed by atoms with Crippen LogP contribution in [0.4, 0.5) is 0 Å². The van der Waals surface area contributed by atoms with Crippen LogP contribution >= 0.6 is 24.0 Å². The molecule has 0 aromatic heterocycles. The van der Waals surface area contributed by atoms with Gasteiger partial charge in [-0.25, -0.2) is 0 Å². The fourth-order valence-electron chi connectivity index (χ4n) is 2.08. The van der Waals surface area contributed by atoms with E-state index in [0.29, 0.717) is 12.1 Å². The molecule has 2 aliphatic rings. The van der Waals surface area contributed by atoms with Crippen molar-refractivity contribution in [2.75, 3.05) is 20.3 Å². The minimum atomic E-state index is 0. The number of nitrogens with one attached hydrogen (secondary N) is 2. The van der Waals surface area contributed by atoms with E-state index in [2.05, 4.69) is 22.5 Å². The molecule has 1 fully saturated rings. The standard InChI is InChI=1S/C10H19N3O.HI/c1-7-3-8(4-7)12-10-11-5-9(13-10)6-14-2;/h7-9H,3-6H2,1-2H3,(H2,11,12,13);1H. The van der Waals surface area contributed by atoms with Crippen LogP contribution in [-0.4, -0.2) is 38.3 Å². The van der Waals surface area contributed by atoms with Crippen LogP contribution < -0.4 is 10.6 Å². The topological polar surface area (TPSA) is 45.6 Å². The second-order valence-electron chi connectivity index (χ2n) is 4.40. The first-order valence-electron chi connectivity index (χ1n) is 5.34. The fraction of sp³-hybridized carbons (Fsp3) is 0.900. The Morgan fingerprint density at radius 2 is 2.27 bits per heavy atom. The Morgan fingerprint density at radius 3 is 2.87 bits per heavy atom. The van der Waals surface area contributed by atoms with Gasteiger partial charge in [0.2, 0.25) is 0 Å². The molecule has 1 heterocycles. The summed E-state index contributed by atoms with van der Waals surface area (Å²) in [6, 6.07) is 0.998. The van der Waals surface area contributed by atoms with E-state index >= 15 is 0 Å². The van der Waals surface area contributed by atoms with Crippen molar-refractivity contribution in [2.24, 2.45) is 10.9 Å². The van der Waals surface area contributed by atoms with Gasteiger partial charge in [-0.05, 0) is 18.8 Å². The van der Waals surface area contributed by atoms with Crippen molar-refractivity contribution in [1.29, 1.82) is 0 Å². The van der Waals surface area contributed by atoms with Crippen molar-refractivity contribution >= 4 is 29.9 Å². The molecule has 1 saturated carbocycles. The first-order chi connectivity index (χ1) is 6.78. The predicted octanol–water partition coefficient (Wildman–Crippen LogP) is 0.967. The zero-order valence-electron chi connectivity index (χ0n) is 9.32. The van der Waals surface area contributed by atoms with Gasteiger partial charge in [-0.3, -0.25) is 4.99 Å². The van der Waals surface area contributed by atoms with Gasteiger partial charge < -0.3 is 15.4 Å². The number of hydrogen-bond donors (Lipinski definition) is 2. The highest BCUT2D eigenvalue weighted by atomic mass is 127. The lowest BCUT2D eigenvalue weighted by Gasteiger charge is -2.33. The number of ether oxygens (including phenoxy) is 1. The van der Waals surface area contributed by atoms with Crippen LogP contribution in [0.15, 0.2) is 4.99 Å². The number of aliphatic imine (C=N–C) groups is 1. The Labute approximate surface area is 108 Å². The number of rotatable bonds is 3. The summed E-state index contributed by atoms with van der Waals surface area (Å²) in [5.41, 5.74) is 0. The summed E-state index contributed by atoms with van der Waals surface area (Å²) in [7, 11) is 1.72. The SMILES string of the molecule is COCC1CN=C(NC2CC(C)C2)N1.I. The number of guanidine groups is 1. The Bertz CT molecular complexity index is 229. The van der Waals surface area contributed by atoms with Gasteiger partial charge in [0.25, 0.3) is 0 Å². The first kappa shape index (κ1) is 13.0. The number of halogens is 1. The molecule has 15 heavy (non-hydrogen) atoms. The summed E-state index contributed by atoms with van der Waals surface area (Å²) >= 11 is 0. The minimum absolute atomic E-state index is 0. The summed E-state index contributed by atoms with van der Waals surface area (Å²) in [4.78, 5) is 4.40. The van der Waals surface area contributed by atoms with Gasteiger partial charge >= 0.3 is 0 Å². The smallest absolute Gasteiger partial charge is 0.191 e. The monoisotopic (exact) mass is 325 g/mol. The maximum atomic E-state index is 5.07. The van der Waals surface area contributed by atoms with Crippen molar-refractivity contribution in [2.45, 2.75) is 31.8 Å². The maximum absolute atomic E-state index is 5.07. The molecule has 1 aliphatic carbocycles. The Morgan fingerprint density at radius 1 is 1.53 bits per heavy atom. The molecule has 1 aliphatic heterocycles. The molecule has 5 heteroatoms. The molecule has 4 nitrogen and oxygen atoms in total. The lowest BCUT2D eigenvalue weighted by Crippen LogP contribution is -2.49. The summed E-state index contributed by atoms with van der Waals surface area (Å²) in [5, 5.41) is 6.74. The van der Waals surface area contributed by atoms with E-state index < -0.39 is 0 Å². The minimum Gasteiger partial charge on any atom is -0.382 e. The van der Waals surface area contributed by atoms with E-state index in [1.54, 1.807) is 7.11 Å². The lowest BCUT2D eigenvalue weighted by atomic mass is 9.82. The van der Waals surface area contributed by atoms with Crippen LogP contribution in [0.25, 0.3) is 0 Å². The van der Waals surface area contributed by atoms with Crippen LogP contribution in [0.2, 0.25) is 0 Å². The van der Waals surface area contributed by atoms with Gasteiger partial charge in [0.05, 0.1) is 19.2 Å². The Balaban J connectivity index is 0.00000112. The average molecular weight is 325 g/mol. The molecule has 2 rings (SSSR count). The van der Waals surface area contributed by atoms with Gasteiger partial charge in [-0.1, -0.05) is 6.92 Å². The summed E-state index contributed by atoms with van der Waals surface area (Å²) in [6.07, 6.45) is 2.55. The first-order valence-corrected chi connectivity index (χ1v) is 5.34. The van der Waals surface area contributed by atoms with Crippen molar-refractivity contribution in [3.8, 4) is 0 Å². The second kappa shape index (κ2) is 5.89. The Hall–Kier alpha value is -0.0400. The summed E-state index contributed by atoms with van der Waals surface area (Å²) in [5.74, 6) is 1.84. The largest absolute Gasteiger partial charge is 0.382 e. The van der Waals surface area contributed by atoms with E-state index in [4.69, 9.17) is 4.74 Å². The van der Waals surface area contributed by atoms with Gasteiger partial charge in [0, 0.05) is 13.2 Å². The zero-order chi connectivity index (χ0) is 9.97. The molecular weight excluding hydrogens is 305 g/mol. The molecule has 0 saturated heterocycles. The van der Waals surface area contributed by atoms with Crippen molar-refractivity contribution in [3.05, 3.63) is 0 Å². The highest BCUT2D eigenvalue weighted by molar-refractivity contribution is 14.0. The predicted molar refractivity (Wildman–Crippen MR) is 71.8 cm³/mol. The molecule has 0 radical (unpaired) electrons. The molecule has 2 N–H and O–H groups in total. The third kappa shape index (κ3) is 3.48.